The average molecular weight is 255 g/mol. The van der Waals surface area contributed by atoms with Crippen LogP contribution in [0.3, 0.4) is 0 Å². The highest BCUT2D eigenvalue weighted by molar-refractivity contribution is 7.12. The van der Waals surface area contributed by atoms with E-state index in [1.165, 1.54) is 18.4 Å². The lowest BCUT2D eigenvalue weighted by atomic mass is 9.91. The molecule has 4 heteroatoms. The maximum atomic E-state index is 11.7. The molecule has 1 rings (SSSR count). The van der Waals surface area contributed by atoms with Crippen molar-refractivity contribution in [2.24, 2.45) is 0 Å². The maximum absolute atomic E-state index is 11.7. The smallest absolute Gasteiger partial charge is 0.348 e. The number of esters is 1. The lowest BCUT2D eigenvalue weighted by molar-refractivity contribution is 0.0604. The summed E-state index contributed by atoms with van der Waals surface area (Å²) in [6, 6.07) is 2.06. The highest BCUT2D eigenvalue weighted by Gasteiger charge is 2.20. The molecule has 1 heterocycles. The van der Waals surface area contributed by atoms with Crippen molar-refractivity contribution in [1.29, 1.82) is 0 Å². The summed E-state index contributed by atoms with van der Waals surface area (Å²) < 4.78 is 4.82. The van der Waals surface area contributed by atoms with Gasteiger partial charge in [0.2, 0.25) is 0 Å². The van der Waals surface area contributed by atoms with Gasteiger partial charge in [0.05, 0.1) is 7.11 Å². The zero-order chi connectivity index (χ0) is 12.7. The number of hydrogen-bond acceptors (Lipinski definition) is 4. The first kappa shape index (κ1) is 14.2. The molecule has 96 valence electrons. The van der Waals surface area contributed by atoms with Crippen molar-refractivity contribution in [3.05, 3.63) is 21.9 Å². The molecule has 0 spiro atoms. The molecule has 0 saturated carbocycles. The highest BCUT2D eigenvalue weighted by atomic mass is 32.1. The van der Waals surface area contributed by atoms with Crippen LogP contribution in [-0.2, 0) is 4.74 Å². The summed E-state index contributed by atoms with van der Waals surface area (Å²) in [7, 11) is 3.39. The zero-order valence-electron chi connectivity index (χ0n) is 10.8. The van der Waals surface area contributed by atoms with Gasteiger partial charge in [-0.05, 0) is 49.4 Å². The van der Waals surface area contributed by atoms with Crippen molar-refractivity contribution in [2.75, 3.05) is 20.7 Å². The van der Waals surface area contributed by atoms with Crippen molar-refractivity contribution >= 4 is 17.3 Å². The Hall–Kier alpha value is -0.870. The van der Waals surface area contributed by atoms with Gasteiger partial charge in [-0.15, -0.1) is 11.3 Å². The van der Waals surface area contributed by atoms with Gasteiger partial charge in [-0.3, -0.25) is 0 Å². The molecule has 0 aliphatic heterocycles. The van der Waals surface area contributed by atoms with Crippen molar-refractivity contribution in [3.63, 3.8) is 0 Å². The van der Waals surface area contributed by atoms with E-state index in [2.05, 4.69) is 18.3 Å². The van der Waals surface area contributed by atoms with Crippen LogP contribution in [0.25, 0.3) is 0 Å². The largest absolute Gasteiger partial charge is 0.465 e. The van der Waals surface area contributed by atoms with Gasteiger partial charge in [-0.25, -0.2) is 4.79 Å². The van der Waals surface area contributed by atoms with Crippen LogP contribution in [0.4, 0.5) is 0 Å². The third kappa shape index (κ3) is 3.82. The van der Waals surface area contributed by atoms with E-state index in [-0.39, 0.29) is 5.97 Å². The molecule has 0 aromatic carbocycles. The van der Waals surface area contributed by atoms with Crippen molar-refractivity contribution in [2.45, 2.75) is 32.1 Å². The van der Waals surface area contributed by atoms with E-state index in [1.54, 1.807) is 0 Å². The number of ether oxygens (including phenoxy) is 1. The van der Waals surface area contributed by atoms with Gasteiger partial charge in [0.15, 0.2) is 0 Å². The Balaban J connectivity index is 2.85. The van der Waals surface area contributed by atoms with Gasteiger partial charge in [0.1, 0.15) is 4.88 Å². The Morgan fingerprint density at radius 3 is 2.88 bits per heavy atom. The van der Waals surface area contributed by atoms with Gasteiger partial charge in [-0.2, -0.15) is 0 Å². The first-order chi connectivity index (χ1) is 8.24. The van der Waals surface area contributed by atoms with E-state index < -0.39 is 0 Å². The fraction of sp³-hybridized carbons (Fsp3) is 0.615. The molecule has 0 amide bonds. The normalized spacial score (nSPS) is 12.4. The van der Waals surface area contributed by atoms with Crippen LogP contribution in [0.1, 0.15) is 47.3 Å². The minimum absolute atomic E-state index is 0.208. The van der Waals surface area contributed by atoms with E-state index >= 15 is 0 Å². The lowest BCUT2D eigenvalue weighted by Crippen LogP contribution is -2.14. The lowest BCUT2D eigenvalue weighted by Gasteiger charge is -2.16. The number of methoxy groups -OCH3 is 1. The Morgan fingerprint density at radius 2 is 2.29 bits per heavy atom. The topological polar surface area (TPSA) is 38.3 Å². The summed E-state index contributed by atoms with van der Waals surface area (Å²) in [4.78, 5) is 12.4. The van der Waals surface area contributed by atoms with E-state index in [0.717, 1.165) is 36.2 Å². The molecule has 1 atom stereocenters. The Bertz CT molecular complexity index is 349. The van der Waals surface area contributed by atoms with Gasteiger partial charge in [0, 0.05) is 0 Å². The van der Waals surface area contributed by atoms with Crippen LogP contribution in [-0.4, -0.2) is 26.7 Å². The van der Waals surface area contributed by atoms with E-state index in [4.69, 9.17) is 4.74 Å². The zero-order valence-corrected chi connectivity index (χ0v) is 11.6. The fourth-order valence-corrected chi connectivity index (χ4v) is 2.92. The van der Waals surface area contributed by atoms with Crippen LogP contribution in [0, 0.1) is 0 Å². The molecule has 1 N–H and O–H groups in total. The summed E-state index contributed by atoms with van der Waals surface area (Å²) in [5.41, 5.74) is 1.15. The van der Waals surface area contributed by atoms with Crippen LogP contribution in [0.5, 0.6) is 0 Å². The number of carbonyl (C=O) groups excluding carboxylic acids is 1. The van der Waals surface area contributed by atoms with Crippen molar-refractivity contribution < 1.29 is 9.53 Å². The SMILES string of the molecule is CCCC(CCNC)c1ccsc1C(=O)OC. The molecule has 0 fully saturated rings. The fourth-order valence-electron chi connectivity index (χ4n) is 2.02. The summed E-state index contributed by atoms with van der Waals surface area (Å²) in [5.74, 6) is 0.244. The molecule has 0 aliphatic carbocycles. The van der Waals surface area contributed by atoms with Crippen LogP contribution < -0.4 is 5.32 Å². The number of hydrogen-bond donors (Lipinski definition) is 1. The molecule has 0 bridgehead atoms. The number of carbonyl (C=O) groups is 1. The van der Waals surface area contributed by atoms with Gasteiger partial charge < -0.3 is 10.1 Å². The predicted octanol–water partition coefficient (Wildman–Crippen LogP) is 3.03. The van der Waals surface area contributed by atoms with Gasteiger partial charge in [0.25, 0.3) is 0 Å². The van der Waals surface area contributed by atoms with Gasteiger partial charge >= 0.3 is 5.97 Å². The number of thiophene rings is 1. The third-order valence-corrected chi connectivity index (χ3v) is 3.80. The Labute approximate surface area is 107 Å². The summed E-state index contributed by atoms with van der Waals surface area (Å²) in [6.07, 6.45) is 3.30. The molecule has 0 saturated heterocycles. The quantitative estimate of drug-likeness (QED) is 0.761. The Kier molecular flexibility index (Phi) is 6.22. The van der Waals surface area contributed by atoms with E-state index in [9.17, 15) is 4.79 Å². The molecule has 3 nitrogen and oxygen atoms in total. The monoisotopic (exact) mass is 255 g/mol. The maximum Gasteiger partial charge on any atom is 0.348 e. The second-order valence-corrected chi connectivity index (χ2v) is 4.99. The third-order valence-electron chi connectivity index (χ3n) is 2.89. The van der Waals surface area contributed by atoms with E-state index in [0.29, 0.717) is 5.92 Å². The van der Waals surface area contributed by atoms with Crippen LogP contribution in [0.15, 0.2) is 11.4 Å². The second kappa shape index (κ2) is 7.45. The average Bonchev–Trinajstić information content (AvgIpc) is 2.82. The van der Waals surface area contributed by atoms with Gasteiger partial charge in [-0.1, -0.05) is 13.3 Å². The van der Waals surface area contributed by atoms with Crippen LogP contribution >= 0.6 is 11.3 Å². The molecular weight excluding hydrogens is 234 g/mol. The molecule has 0 radical (unpaired) electrons. The molecule has 17 heavy (non-hydrogen) atoms. The Morgan fingerprint density at radius 1 is 1.53 bits per heavy atom. The highest BCUT2D eigenvalue weighted by Crippen LogP contribution is 2.31. The minimum atomic E-state index is -0.208. The first-order valence-corrected chi connectivity index (χ1v) is 6.92. The second-order valence-electron chi connectivity index (χ2n) is 4.07. The van der Waals surface area contributed by atoms with E-state index in [1.807, 2.05) is 12.4 Å². The van der Waals surface area contributed by atoms with Crippen molar-refractivity contribution in [3.8, 4) is 0 Å². The standard InChI is InChI=1S/C13H21NO2S/c1-4-5-10(6-8-14-2)11-7-9-17-12(11)13(15)16-3/h7,9-10,14H,4-6,8H2,1-3H3. The van der Waals surface area contributed by atoms with Crippen molar-refractivity contribution in [1.82, 2.24) is 5.32 Å². The molecule has 1 aromatic heterocycles. The molecule has 1 unspecified atom stereocenters. The van der Waals surface area contributed by atoms with Crippen LogP contribution in [0.2, 0.25) is 0 Å². The molecule has 0 aliphatic rings. The minimum Gasteiger partial charge on any atom is -0.465 e. The summed E-state index contributed by atoms with van der Waals surface area (Å²) in [5, 5.41) is 5.14. The summed E-state index contributed by atoms with van der Waals surface area (Å²) in [6.45, 7) is 3.15. The number of nitrogens with one attached hydrogen (secondary N) is 1. The molecular formula is C13H21NO2S. The summed E-state index contributed by atoms with van der Waals surface area (Å²) >= 11 is 1.47. The molecule has 1 aromatic rings. The first-order valence-electron chi connectivity index (χ1n) is 6.04. The predicted molar refractivity (Wildman–Crippen MR) is 71.9 cm³/mol. The number of rotatable bonds is 7.